The zero-order valence-corrected chi connectivity index (χ0v) is 14.8. The van der Waals surface area contributed by atoms with Gasteiger partial charge in [0, 0.05) is 12.8 Å². The Morgan fingerprint density at radius 1 is 1.17 bits per heavy atom. The van der Waals surface area contributed by atoms with Gasteiger partial charge < -0.3 is 4.42 Å². The van der Waals surface area contributed by atoms with Gasteiger partial charge in [0.05, 0.1) is 11.4 Å². The Labute approximate surface area is 144 Å². The van der Waals surface area contributed by atoms with Crippen molar-refractivity contribution < 1.29 is 4.42 Å². The van der Waals surface area contributed by atoms with Crippen molar-refractivity contribution in [2.24, 2.45) is 0 Å². The van der Waals surface area contributed by atoms with E-state index in [1.165, 1.54) is 35.7 Å². The molecule has 6 nitrogen and oxygen atoms in total. The van der Waals surface area contributed by atoms with E-state index in [0.29, 0.717) is 22.8 Å². The fraction of sp³-hybridized carbons (Fsp3) is 0.412. The standard InChI is InChI=1S/C17H19N5OS/c1-10-4-7-14(8-11(10)2)22-15(18-16(21-22)13-5-6-13)9-24-17-20-19-12(3)23-17/h4,7-8,13H,5-6,9H2,1-3H3. The molecule has 124 valence electrons. The van der Waals surface area contributed by atoms with E-state index >= 15 is 0 Å². The summed E-state index contributed by atoms with van der Waals surface area (Å²) < 4.78 is 7.39. The van der Waals surface area contributed by atoms with E-state index in [0.717, 1.165) is 17.3 Å². The predicted molar refractivity (Wildman–Crippen MR) is 91.4 cm³/mol. The number of thioether (sulfide) groups is 1. The molecule has 2 aromatic heterocycles. The van der Waals surface area contributed by atoms with Gasteiger partial charge in [0.25, 0.3) is 5.22 Å². The summed E-state index contributed by atoms with van der Waals surface area (Å²) in [6.07, 6.45) is 2.37. The number of hydrogen-bond acceptors (Lipinski definition) is 6. The zero-order chi connectivity index (χ0) is 16.7. The van der Waals surface area contributed by atoms with Gasteiger partial charge in [-0.15, -0.1) is 10.2 Å². The first-order chi connectivity index (χ1) is 11.6. The molecule has 1 saturated carbocycles. The van der Waals surface area contributed by atoms with Crippen LogP contribution in [-0.4, -0.2) is 25.0 Å². The van der Waals surface area contributed by atoms with Crippen LogP contribution in [0.5, 0.6) is 0 Å². The van der Waals surface area contributed by atoms with Crippen molar-refractivity contribution in [2.75, 3.05) is 0 Å². The van der Waals surface area contributed by atoms with Gasteiger partial charge >= 0.3 is 0 Å². The highest BCUT2D eigenvalue weighted by Gasteiger charge is 2.29. The lowest BCUT2D eigenvalue weighted by atomic mass is 10.1. The zero-order valence-electron chi connectivity index (χ0n) is 14.0. The topological polar surface area (TPSA) is 69.6 Å². The lowest BCUT2D eigenvalue weighted by Crippen LogP contribution is -2.03. The molecule has 0 saturated heterocycles. The van der Waals surface area contributed by atoms with E-state index in [9.17, 15) is 0 Å². The Morgan fingerprint density at radius 2 is 2.00 bits per heavy atom. The maximum atomic E-state index is 5.44. The third kappa shape index (κ3) is 3.08. The minimum absolute atomic E-state index is 0.521. The third-order valence-corrected chi connectivity index (χ3v) is 5.01. The molecule has 0 N–H and O–H groups in total. The highest BCUT2D eigenvalue weighted by atomic mass is 32.2. The van der Waals surface area contributed by atoms with Crippen molar-refractivity contribution in [3.05, 3.63) is 46.9 Å². The Hall–Kier alpha value is -2.15. The smallest absolute Gasteiger partial charge is 0.277 e. The van der Waals surface area contributed by atoms with Crippen LogP contribution >= 0.6 is 11.8 Å². The summed E-state index contributed by atoms with van der Waals surface area (Å²) >= 11 is 1.49. The van der Waals surface area contributed by atoms with Gasteiger partial charge in [-0.3, -0.25) is 0 Å². The Bertz CT molecular complexity index is 881. The first kappa shape index (κ1) is 15.4. The van der Waals surface area contributed by atoms with E-state index in [-0.39, 0.29) is 0 Å². The van der Waals surface area contributed by atoms with Crippen LogP contribution < -0.4 is 0 Å². The number of aryl methyl sites for hydroxylation is 3. The summed E-state index contributed by atoms with van der Waals surface area (Å²) in [5.74, 6) is 3.61. The van der Waals surface area contributed by atoms with Crippen molar-refractivity contribution in [1.29, 1.82) is 0 Å². The molecular weight excluding hydrogens is 322 g/mol. The van der Waals surface area contributed by atoms with Crippen LogP contribution in [0.2, 0.25) is 0 Å². The second-order valence-corrected chi connectivity index (χ2v) is 7.14. The van der Waals surface area contributed by atoms with E-state index in [1.54, 1.807) is 6.92 Å². The molecule has 3 aromatic rings. The van der Waals surface area contributed by atoms with E-state index in [4.69, 9.17) is 14.5 Å². The number of nitrogens with zero attached hydrogens (tertiary/aromatic N) is 5. The van der Waals surface area contributed by atoms with Gasteiger partial charge in [-0.1, -0.05) is 17.8 Å². The van der Waals surface area contributed by atoms with Gasteiger partial charge in [0.15, 0.2) is 5.82 Å². The molecule has 0 amide bonds. The maximum absolute atomic E-state index is 5.44. The average Bonchev–Trinajstić information content (AvgIpc) is 3.20. The van der Waals surface area contributed by atoms with Crippen LogP contribution in [0.1, 0.15) is 47.4 Å². The predicted octanol–water partition coefficient (Wildman–Crippen LogP) is 3.75. The molecule has 2 heterocycles. The second-order valence-electron chi connectivity index (χ2n) is 6.22. The van der Waals surface area contributed by atoms with Gasteiger partial charge in [-0.2, -0.15) is 5.10 Å². The molecule has 4 rings (SSSR count). The number of benzene rings is 1. The Balaban J connectivity index is 1.65. The summed E-state index contributed by atoms with van der Waals surface area (Å²) in [6, 6.07) is 6.38. The largest absolute Gasteiger partial charge is 0.416 e. The van der Waals surface area contributed by atoms with Crippen LogP contribution in [0, 0.1) is 20.8 Å². The number of aromatic nitrogens is 5. The van der Waals surface area contributed by atoms with Gasteiger partial charge in [-0.05, 0) is 49.9 Å². The molecule has 7 heteroatoms. The molecule has 1 aliphatic carbocycles. The molecule has 1 aromatic carbocycles. The van der Waals surface area contributed by atoms with Crippen molar-refractivity contribution in [3.63, 3.8) is 0 Å². The van der Waals surface area contributed by atoms with Gasteiger partial charge in [0.1, 0.15) is 5.82 Å². The van der Waals surface area contributed by atoms with E-state index in [2.05, 4.69) is 42.2 Å². The summed E-state index contributed by atoms with van der Waals surface area (Å²) in [5, 5.41) is 13.2. The van der Waals surface area contributed by atoms with E-state index in [1.807, 2.05) is 4.68 Å². The normalized spacial score (nSPS) is 14.3. The van der Waals surface area contributed by atoms with Crippen molar-refractivity contribution in [2.45, 2.75) is 50.5 Å². The summed E-state index contributed by atoms with van der Waals surface area (Å²) in [7, 11) is 0. The molecule has 0 spiro atoms. The maximum Gasteiger partial charge on any atom is 0.277 e. The minimum atomic E-state index is 0.521. The van der Waals surface area contributed by atoms with Crippen molar-refractivity contribution >= 4 is 11.8 Å². The lowest BCUT2D eigenvalue weighted by Gasteiger charge is -2.07. The van der Waals surface area contributed by atoms with Crippen LogP contribution in [-0.2, 0) is 5.75 Å². The molecular formula is C17H19N5OS. The Morgan fingerprint density at radius 3 is 2.67 bits per heavy atom. The lowest BCUT2D eigenvalue weighted by molar-refractivity contribution is 0.429. The molecule has 1 fully saturated rings. The number of hydrogen-bond donors (Lipinski definition) is 0. The van der Waals surface area contributed by atoms with E-state index < -0.39 is 0 Å². The molecule has 24 heavy (non-hydrogen) atoms. The van der Waals surface area contributed by atoms with Crippen LogP contribution in [0.3, 0.4) is 0 Å². The molecule has 1 aliphatic rings. The first-order valence-corrected chi connectivity index (χ1v) is 9.05. The molecule has 0 aliphatic heterocycles. The molecule has 0 unspecified atom stereocenters. The SMILES string of the molecule is Cc1nnc(SCc2nc(C3CC3)nn2-c2ccc(C)c(C)c2)o1. The van der Waals surface area contributed by atoms with Crippen molar-refractivity contribution in [1.82, 2.24) is 25.0 Å². The quantitative estimate of drug-likeness (QED) is 0.658. The number of rotatable bonds is 5. The van der Waals surface area contributed by atoms with Crippen molar-refractivity contribution in [3.8, 4) is 5.69 Å². The van der Waals surface area contributed by atoms with Gasteiger partial charge in [-0.25, -0.2) is 9.67 Å². The van der Waals surface area contributed by atoms with Crippen LogP contribution in [0.4, 0.5) is 0 Å². The third-order valence-electron chi connectivity index (χ3n) is 4.20. The summed E-state index contributed by atoms with van der Waals surface area (Å²) in [5.41, 5.74) is 3.58. The average molecular weight is 341 g/mol. The van der Waals surface area contributed by atoms with Gasteiger partial charge in [0.2, 0.25) is 5.89 Å². The fourth-order valence-corrected chi connectivity index (χ4v) is 3.21. The highest BCUT2D eigenvalue weighted by molar-refractivity contribution is 7.98. The van der Waals surface area contributed by atoms with Crippen LogP contribution in [0.15, 0.2) is 27.8 Å². The molecule has 0 radical (unpaired) electrons. The monoisotopic (exact) mass is 341 g/mol. The minimum Gasteiger partial charge on any atom is -0.416 e. The van der Waals surface area contributed by atoms with Crippen LogP contribution in [0.25, 0.3) is 5.69 Å². The molecule has 0 atom stereocenters. The Kier molecular flexibility index (Phi) is 3.88. The summed E-state index contributed by atoms with van der Waals surface area (Å²) in [6.45, 7) is 6.03. The highest BCUT2D eigenvalue weighted by Crippen LogP contribution is 2.38. The first-order valence-electron chi connectivity index (χ1n) is 8.06. The summed E-state index contributed by atoms with van der Waals surface area (Å²) in [4.78, 5) is 4.76. The fourth-order valence-electron chi connectivity index (χ4n) is 2.50. The second kappa shape index (κ2) is 6.05. The molecule has 0 bridgehead atoms.